The predicted molar refractivity (Wildman–Crippen MR) is 152 cm³/mol. The second kappa shape index (κ2) is 31.1. The van der Waals surface area contributed by atoms with E-state index in [1.54, 1.807) is 0 Å². The Kier molecular flexibility index (Phi) is 30.4. The van der Waals surface area contributed by atoms with Crippen LogP contribution in [0.2, 0.25) is 0 Å². The van der Waals surface area contributed by atoms with Gasteiger partial charge in [-0.3, -0.25) is 0 Å². The summed E-state index contributed by atoms with van der Waals surface area (Å²) < 4.78 is 54.1. The summed E-state index contributed by atoms with van der Waals surface area (Å²) in [5.74, 6) is -0.381. The van der Waals surface area contributed by atoms with E-state index in [0.29, 0.717) is 106 Å². The van der Waals surface area contributed by atoms with Gasteiger partial charge >= 0.3 is 5.97 Å². The summed E-state index contributed by atoms with van der Waals surface area (Å²) in [4.78, 5) is 11.5. The van der Waals surface area contributed by atoms with Gasteiger partial charge in [0.2, 0.25) is 0 Å². The number of rotatable bonds is 32. The number of ether oxygens (including phenoxy) is 10. The highest BCUT2D eigenvalue weighted by Gasteiger charge is 2.15. The fraction of sp³-hybridized carbons (Fsp3) is 0.966. The van der Waals surface area contributed by atoms with Gasteiger partial charge in [0, 0.05) is 6.61 Å². The fourth-order valence-electron chi connectivity index (χ4n) is 3.09. The molecule has 0 aliphatic carbocycles. The summed E-state index contributed by atoms with van der Waals surface area (Å²) >= 11 is 0. The largest absolute Gasteiger partial charge is 0.458 e. The monoisotopic (exact) mass is 582 g/mol. The van der Waals surface area contributed by atoms with E-state index in [-0.39, 0.29) is 12.6 Å². The molecule has 0 fully saturated rings. The quantitative estimate of drug-likeness (QED) is 0.0859. The van der Waals surface area contributed by atoms with Gasteiger partial charge in [0.15, 0.2) is 0 Å². The normalized spacial score (nSPS) is 11.8. The van der Waals surface area contributed by atoms with Crippen molar-refractivity contribution in [3.63, 3.8) is 0 Å². The molecule has 40 heavy (non-hydrogen) atoms. The first-order valence-electron chi connectivity index (χ1n) is 14.9. The van der Waals surface area contributed by atoms with E-state index in [9.17, 15) is 4.79 Å². The highest BCUT2D eigenvalue weighted by atomic mass is 16.6. The highest BCUT2D eigenvalue weighted by Crippen LogP contribution is 2.06. The van der Waals surface area contributed by atoms with Gasteiger partial charge in [-0.1, -0.05) is 32.6 Å². The van der Waals surface area contributed by atoms with Crippen LogP contribution in [-0.2, 0) is 52.2 Å². The summed E-state index contributed by atoms with van der Waals surface area (Å²) in [5.41, 5.74) is -0.504. The molecule has 0 aliphatic heterocycles. The van der Waals surface area contributed by atoms with Gasteiger partial charge in [-0.15, -0.1) is 0 Å². The molecule has 0 saturated carbocycles. The third-order valence-electron chi connectivity index (χ3n) is 5.01. The van der Waals surface area contributed by atoms with Crippen LogP contribution < -0.4 is 0 Å². The first kappa shape index (κ1) is 39.1. The second-order valence-electron chi connectivity index (χ2n) is 9.95. The number of esters is 1. The molecule has 0 rings (SSSR count). The average Bonchev–Trinajstić information content (AvgIpc) is 2.90. The lowest BCUT2D eigenvalue weighted by Crippen LogP contribution is -2.27. The summed E-state index contributed by atoms with van der Waals surface area (Å²) in [6, 6.07) is 0. The zero-order chi connectivity index (χ0) is 29.4. The molecule has 0 spiro atoms. The van der Waals surface area contributed by atoms with Gasteiger partial charge in [-0.05, 0) is 27.2 Å². The Morgan fingerprint density at radius 1 is 0.425 bits per heavy atom. The molecule has 0 amide bonds. The van der Waals surface area contributed by atoms with E-state index in [4.69, 9.17) is 47.4 Å². The van der Waals surface area contributed by atoms with Gasteiger partial charge in [0.25, 0.3) is 0 Å². The van der Waals surface area contributed by atoms with Crippen LogP contribution in [0, 0.1) is 0 Å². The average molecular weight is 583 g/mol. The van der Waals surface area contributed by atoms with Crippen LogP contribution in [0.4, 0.5) is 0 Å². The van der Waals surface area contributed by atoms with E-state index in [0.717, 1.165) is 13.0 Å². The van der Waals surface area contributed by atoms with E-state index < -0.39 is 5.60 Å². The van der Waals surface area contributed by atoms with Crippen molar-refractivity contribution in [2.75, 3.05) is 119 Å². The zero-order valence-corrected chi connectivity index (χ0v) is 25.8. The Balaban J connectivity index is 3.09. The molecule has 0 heterocycles. The summed E-state index contributed by atoms with van der Waals surface area (Å²) in [6.45, 7) is 16.5. The number of carbonyl (C=O) groups is 1. The minimum Gasteiger partial charge on any atom is -0.458 e. The molecule has 11 heteroatoms. The Labute approximate surface area is 242 Å². The van der Waals surface area contributed by atoms with Crippen molar-refractivity contribution >= 4 is 5.97 Å². The molecule has 0 atom stereocenters. The Morgan fingerprint density at radius 3 is 1.05 bits per heavy atom. The van der Waals surface area contributed by atoms with Crippen molar-refractivity contribution in [3.8, 4) is 0 Å². The van der Waals surface area contributed by atoms with E-state index in [1.807, 2.05) is 20.8 Å². The van der Waals surface area contributed by atoms with Crippen LogP contribution in [0.1, 0.15) is 59.8 Å². The van der Waals surface area contributed by atoms with Crippen LogP contribution in [0.25, 0.3) is 0 Å². The Morgan fingerprint density at radius 2 is 0.725 bits per heavy atom. The maximum absolute atomic E-state index is 11.5. The molecule has 0 aromatic carbocycles. The molecule has 0 aromatic rings. The van der Waals surface area contributed by atoms with Crippen molar-refractivity contribution in [1.82, 2.24) is 0 Å². The second-order valence-corrected chi connectivity index (χ2v) is 9.95. The van der Waals surface area contributed by atoms with Gasteiger partial charge in [-0.25, -0.2) is 4.79 Å². The summed E-state index contributed by atoms with van der Waals surface area (Å²) in [5, 5.41) is 0. The molecule has 0 aromatic heterocycles. The van der Waals surface area contributed by atoms with Crippen molar-refractivity contribution in [3.05, 3.63) is 0 Å². The number of unbranched alkanes of at least 4 members (excludes halogenated alkanes) is 4. The van der Waals surface area contributed by atoms with Crippen LogP contribution in [0.3, 0.4) is 0 Å². The van der Waals surface area contributed by atoms with Crippen molar-refractivity contribution in [2.45, 2.75) is 65.4 Å². The Bertz CT molecular complexity index is 515. The molecular weight excluding hydrogens is 524 g/mol. The van der Waals surface area contributed by atoms with Crippen molar-refractivity contribution < 1.29 is 52.2 Å². The number of carbonyl (C=O) groups excluding carboxylic acids is 1. The van der Waals surface area contributed by atoms with Crippen LogP contribution in [0.15, 0.2) is 0 Å². The van der Waals surface area contributed by atoms with Crippen molar-refractivity contribution in [1.29, 1.82) is 0 Å². The van der Waals surface area contributed by atoms with Gasteiger partial charge in [-0.2, -0.15) is 0 Å². The third kappa shape index (κ3) is 35.1. The lowest BCUT2D eigenvalue weighted by Gasteiger charge is -2.19. The first-order chi connectivity index (χ1) is 19.5. The SMILES string of the molecule is CCCCCCCOCCOCCOCCOCCOCCOCCOCCOCCOCC(=O)OC(C)(C)C. The zero-order valence-electron chi connectivity index (χ0n) is 25.8. The Hall–Kier alpha value is -0.890. The van der Waals surface area contributed by atoms with Crippen LogP contribution >= 0.6 is 0 Å². The molecule has 0 radical (unpaired) electrons. The van der Waals surface area contributed by atoms with E-state index >= 15 is 0 Å². The van der Waals surface area contributed by atoms with Crippen LogP contribution in [0.5, 0.6) is 0 Å². The third-order valence-corrected chi connectivity index (χ3v) is 5.01. The minimum absolute atomic E-state index is 0.0765. The minimum atomic E-state index is -0.504. The standard InChI is InChI=1S/C29H58O11/c1-5-6-7-8-9-10-31-11-12-32-13-14-33-15-16-34-17-18-35-19-20-36-21-22-37-23-24-38-25-26-39-27-28(30)40-29(2,3)4/h5-27H2,1-4H3. The first-order valence-corrected chi connectivity index (χ1v) is 14.9. The number of hydrogen-bond donors (Lipinski definition) is 0. The van der Waals surface area contributed by atoms with Gasteiger partial charge in [0.05, 0.1) is 106 Å². The van der Waals surface area contributed by atoms with Gasteiger partial charge < -0.3 is 47.4 Å². The molecule has 0 unspecified atom stereocenters. The summed E-state index contributed by atoms with van der Waals surface area (Å²) in [7, 11) is 0. The molecule has 0 saturated heterocycles. The molecule has 0 aliphatic rings. The topological polar surface area (TPSA) is 109 Å². The summed E-state index contributed by atoms with van der Waals surface area (Å²) in [6.07, 6.45) is 6.27. The van der Waals surface area contributed by atoms with Crippen molar-refractivity contribution in [2.24, 2.45) is 0 Å². The molecule has 240 valence electrons. The van der Waals surface area contributed by atoms with Crippen LogP contribution in [-0.4, -0.2) is 130 Å². The maximum atomic E-state index is 11.5. The van der Waals surface area contributed by atoms with E-state index in [1.165, 1.54) is 25.7 Å². The molecule has 11 nitrogen and oxygen atoms in total. The molecule has 0 bridgehead atoms. The molecular formula is C29H58O11. The molecule has 0 N–H and O–H groups in total. The van der Waals surface area contributed by atoms with Gasteiger partial charge in [0.1, 0.15) is 12.2 Å². The lowest BCUT2D eigenvalue weighted by molar-refractivity contribution is -0.160. The number of hydrogen-bond acceptors (Lipinski definition) is 11. The van der Waals surface area contributed by atoms with E-state index in [2.05, 4.69) is 6.92 Å². The highest BCUT2D eigenvalue weighted by molar-refractivity contribution is 5.71. The predicted octanol–water partition coefficient (Wildman–Crippen LogP) is 3.45. The maximum Gasteiger partial charge on any atom is 0.332 e. The smallest absolute Gasteiger partial charge is 0.332 e. The fourth-order valence-corrected chi connectivity index (χ4v) is 3.09. The lowest BCUT2D eigenvalue weighted by atomic mass is 10.2.